The second kappa shape index (κ2) is 5.98. The molecule has 0 saturated carbocycles. The molecule has 1 aliphatic heterocycles. The molecule has 4 nitrogen and oxygen atoms in total. The van der Waals surface area contributed by atoms with E-state index in [2.05, 4.69) is 21.6 Å². The number of amides is 1. The van der Waals surface area contributed by atoms with Crippen LogP contribution in [0.4, 0.5) is 0 Å². The first-order chi connectivity index (χ1) is 8.31. The molecular formula is C13H21N3O. The van der Waals surface area contributed by atoms with Gasteiger partial charge in [0.2, 0.25) is 5.91 Å². The Morgan fingerprint density at radius 2 is 2.29 bits per heavy atom. The first kappa shape index (κ1) is 12.3. The van der Waals surface area contributed by atoms with Gasteiger partial charge in [-0.25, -0.2) is 0 Å². The monoisotopic (exact) mass is 235 g/mol. The molecule has 0 aromatic heterocycles. The second-order valence-corrected chi connectivity index (χ2v) is 4.61. The minimum atomic E-state index is 0.0643. The van der Waals surface area contributed by atoms with Crippen molar-refractivity contribution in [3.63, 3.8) is 0 Å². The average Bonchev–Trinajstić information content (AvgIpc) is 2.40. The third kappa shape index (κ3) is 3.17. The number of hydrogen-bond acceptors (Lipinski definition) is 3. The summed E-state index contributed by atoms with van der Waals surface area (Å²) < 4.78 is 0. The number of likely N-dealkylation sites (N-methyl/N-ethyl adjacent to an activating group) is 1. The topological polar surface area (TPSA) is 44.4 Å². The predicted octanol–water partition coefficient (Wildman–Crippen LogP) is 0.140. The molecule has 0 radical (unpaired) electrons. The van der Waals surface area contributed by atoms with Crippen molar-refractivity contribution < 1.29 is 4.79 Å². The van der Waals surface area contributed by atoms with Gasteiger partial charge in [0.25, 0.3) is 0 Å². The van der Waals surface area contributed by atoms with Crippen LogP contribution in [0.15, 0.2) is 23.8 Å². The van der Waals surface area contributed by atoms with Crippen LogP contribution in [0.2, 0.25) is 0 Å². The van der Waals surface area contributed by atoms with Gasteiger partial charge in [0, 0.05) is 51.3 Å². The second-order valence-electron chi connectivity index (χ2n) is 4.61. The van der Waals surface area contributed by atoms with Crippen molar-refractivity contribution in [2.24, 2.45) is 5.92 Å². The lowest BCUT2D eigenvalue weighted by atomic mass is 9.90. The van der Waals surface area contributed by atoms with Crippen molar-refractivity contribution in [1.29, 1.82) is 0 Å². The van der Waals surface area contributed by atoms with E-state index in [0.717, 1.165) is 44.7 Å². The molecule has 2 N–H and O–H groups in total. The van der Waals surface area contributed by atoms with E-state index in [1.54, 1.807) is 7.05 Å². The minimum Gasteiger partial charge on any atom is -0.355 e. The van der Waals surface area contributed by atoms with Crippen LogP contribution in [0.5, 0.6) is 0 Å². The Morgan fingerprint density at radius 3 is 3.00 bits per heavy atom. The average molecular weight is 235 g/mol. The van der Waals surface area contributed by atoms with E-state index in [1.165, 1.54) is 0 Å². The first-order valence-electron chi connectivity index (χ1n) is 6.33. The Balaban J connectivity index is 1.96. The Hall–Kier alpha value is -1.13. The SMILES string of the molecule is CNC(=O)C1=CC=CCC1CN1CCNCC1. The third-order valence-electron chi connectivity index (χ3n) is 3.45. The van der Waals surface area contributed by atoms with E-state index in [4.69, 9.17) is 0 Å². The summed E-state index contributed by atoms with van der Waals surface area (Å²) in [5, 5.41) is 6.08. The molecule has 94 valence electrons. The Labute approximate surface area is 103 Å². The van der Waals surface area contributed by atoms with Gasteiger partial charge in [0.1, 0.15) is 0 Å². The highest BCUT2D eigenvalue weighted by molar-refractivity contribution is 5.94. The van der Waals surface area contributed by atoms with Gasteiger partial charge >= 0.3 is 0 Å². The van der Waals surface area contributed by atoms with Crippen LogP contribution in [0, 0.1) is 5.92 Å². The lowest BCUT2D eigenvalue weighted by molar-refractivity contribution is -0.117. The zero-order chi connectivity index (χ0) is 12.1. The normalized spacial score (nSPS) is 25.5. The number of piperazine rings is 1. The Kier molecular flexibility index (Phi) is 4.34. The number of hydrogen-bond donors (Lipinski definition) is 2. The van der Waals surface area contributed by atoms with Gasteiger partial charge in [0.05, 0.1) is 0 Å². The van der Waals surface area contributed by atoms with Crippen LogP contribution in [0.25, 0.3) is 0 Å². The molecule has 1 aliphatic carbocycles. The smallest absolute Gasteiger partial charge is 0.247 e. The summed E-state index contributed by atoms with van der Waals surface area (Å²) in [7, 11) is 1.70. The summed E-state index contributed by atoms with van der Waals surface area (Å²) in [5.41, 5.74) is 0.925. The predicted molar refractivity (Wildman–Crippen MR) is 68.7 cm³/mol. The van der Waals surface area contributed by atoms with Gasteiger partial charge in [-0.1, -0.05) is 18.2 Å². The molecule has 1 heterocycles. The zero-order valence-corrected chi connectivity index (χ0v) is 10.4. The van der Waals surface area contributed by atoms with Gasteiger partial charge < -0.3 is 15.5 Å². The number of nitrogens with zero attached hydrogens (tertiary/aromatic N) is 1. The number of carbonyl (C=O) groups is 1. The van der Waals surface area contributed by atoms with Crippen LogP contribution in [0.1, 0.15) is 6.42 Å². The van der Waals surface area contributed by atoms with E-state index >= 15 is 0 Å². The summed E-state index contributed by atoms with van der Waals surface area (Å²) in [5.74, 6) is 0.410. The highest BCUT2D eigenvalue weighted by Gasteiger charge is 2.23. The van der Waals surface area contributed by atoms with Crippen molar-refractivity contribution in [2.45, 2.75) is 6.42 Å². The van der Waals surface area contributed by atoms with Crippen molar-refractivity contribution in [2.75, 3.05) is 39.8 Å². The van der Waals surface area contributed by atoms with E-state index in [9.17, 15) is 4.79 Å². The summed E-state index contributed by atoms with van der Waals surface area (Å²) in [6, 6.07) is 0. The number of rotatable bonds is 3. The van der Waals surface area contributed by atoms with Gasteiger partial charge in [-0.2, -0.15) is 0 Å². The lowest BCUT2D eigenvalue weighted by Crippen LogP contribution is -2.46. The van der Waals surface area contributed by atoms with Crippen LogP contribution < -0.4 is 10.6 Å². The molecular weight excluding hydrogens is 214 g/mol. The molecule has 1 atom stereocenters. The molecule has 17 heavy (non-hydrogen) atoms. The molecule has 2 aliphatic rings. The largest absolute Gasteiger partial charge is 0.355 e. The maximum absolute atomic E-state index is 11.8. The van der Waals surface area contributed by atoms with Gasteiger partial charge in [-0.05, 0) is 6.42 Å². The number of carbonyl (C=O) groups excluding carboxylic acids is 1. The molecule has 1 amide bonds. The molecule has 0 bridgehead atoms. The van der Waals surface area contributed by atoms with Crippen molar-refractivity contribution in [3.05, 3.63) is 23.8 Å². The van der Waals surface area contributed by atoms with Crippen LogP contribution in [0.3, 0.4) is 0 Å². The number of allylic oxidation sites excluding steroid dienone is 3. The summed E-state index contributed by atoms with van der Waals surface area (Å²) in [4.78, 5) is 14.2. The Morgan fingerprint density at radius 1 is 1.53 bits per heavy atom. The third-order valence-corrected chi connectivity index (χ3v) is 3.45. The van der Waals surface area contributed by atoms with Crippen molar-refractivity contribution in [1.82, 2.24) is 15.5 Å². The fraction of sp³-hybridized carbons (Fsp3) is 0.615. The fourth-order valence-corrected chi connectivity index (χ4v) is 2.46. The molecule has 1 fully saturated rings. The molecule has 0 aromatic rings. The molecule has 0 aromatic carbocycles. The van der Waals surface area contributed by atoms with Crippen molar-refractivity contribution >= 4 is 5.91 Å². The highest BCUT2D eigenvalue weighted by Crippen LogP contribution is 2.22. The van der Waals surface area contributed by atoms with E-state index in [-0.39, 0.29) is 5.91 Å². The highest BCUT2D eigenvalue weighted by atomic mass is 16.1. The summed E-state index contributed by atoms with van der Waals surface area (Å²) >= 11 is 0. The molecule has 2 rings (SSSR count). The van der Waals surface area contributed by atoms with Gasteiger partial charge in [-0.15, -0.1) is 0 Å². The first-order valence-corrected chi connectivity index (χ1v) is 6.33. The van der Waals surface area contributed by atoms with E-state index in [0.29, 0.717) is 5.92 Å². The zero-order valence-electron chi connectivity index (χ0n) is 10.4. The summed E-state index contributed by atoms with van der Waals surface area (Å²) in [6.45, 7) is 5.27. The summed E-state index contributed by atoms with van der Waals surface area (Å²) in [6.07, 6.45) is 7.07. The maximum atomic E-state index is 11.8. The molecule has 1 unspecified atom stereocenters. The van der Waals surface area contributed by atoms with Gasteiger partial charge in [-0.3, -0.25) is 4.79 Å². The van der Waals surface area contributed by atoms with Crippen LogP contribution in [-0.2, 0) is 4.79 Å². The quantitative estimate of drug-likeness (QED) is 0.731. The van der Waals surface area contributed by atoms with Crippen LogP contribution >= 0.6 is 0 Å². The molecule has 4 heteroatoms. The fourth-order valence-electron chi connectivity index (χ4n) is 2.46. The standard InChI is InChI=1S/C13H21N3O/c1-14-13(17)12-5-3-2-4-11(12)10-16-8-6-15-7-9-16/h2-3,5,11,15H,4,6-10H2,1H3,(H,14,17). The van der Waals surface area contributed by atoms with Gasteiger partial charge in [0.15, 0.2) is 0 Å². The molecule has 1 saturated heterocycles. The number of nitrogens with one attached hydrogen (secondary N) is 2. The molecule has 0 spiro atoms. The Bertz CT molecular complexity index is 330. The van der Waals surface area contributed by atoms with E-state index < -0.39 is 0 Å². The van der Waals surface area contributed by atoms with Crippen molar-refractivity contribution in [3.8, 4) is 0 Å². The van der Waals surface area contributed by atoms with Crippen LogP contribution in [-0.4, -0.2) is 50.6 Å². The van der Waals surface area contributed by atoms with E-state index in [1.807, 2.05) is 12.2 Å². The lowest BCUT2D eigenvalue weighted by Gasteiger charge is -2.32. The maximum Gasteiger partial charge on any atom is 0.247 e. The minimum absolute atomic E-state index is 0.0643.